The Bertz CT molecular complexity index is 901. The number of halogens is 1. The second kappa shape index (κ2) is 11.3. The molecule has 2 heterocycles. The fourth-order valence-corrected chi connectivity index (χ4v) is 6.41. The Kier molecular flexibility index (Phi) is 8.41. The number of ether oxygens (including phenoxy) is 1. The number of carbonyl (C=O) groups excluding carboxylic acids is 1. The fraction of sp³-hybridized carbons (Fsp3) is 0.607. The molecule has 3 aliphatic rings. The number of allylic oxidation sites excluding steroid dienone is 1. The molecule has 2 saturated heterocycles. The van der Waals surface area contributed by atoms with Crippen molar-refractivity contribution < 1.29 is 9.53 Å². The van der Waals surface area contributed by atoms with Gasteiger partial charge >= 0.3 is 0 Å². The maximum atomic E-state index is 13.4. The smallest absolute Gasteiger partial charge is 0.226 e. The first kappa shape index (κ1) is 25.3. The summed E-state index contributed by atoms with van der Waals surface area (Å²) in [6.45, 7) is 18.4. The Hall–Kier alpha value is -1.79. The highest BCUT2D eigenvalue weighted by Crippen LogP contribution is 2.38. The highest BCUT2D eigenvalue weighted by molar-refractivity contribution is 9.10. The number of rotatable bonds is 6. The Morgan fingerprint density at radius 2 is 1.68 bits per heavy atom. The molecule has 0 bridgehead atoms. The van der Waals surface area contributed by atoms with E-state index in [1.165, 1.54) is 6.42 Å². The van der Waals surface area contributed by atoms with E-state index in [2.05, 4.69) is 71.4 Å². The number of anilines is 1. The first-order chi connectivity index (χ1) is 16.3. The Morgan fingerprint density at radius 1 is 1.03 bits per heavy atom. The highest BCUT2D eigenvalue weighted by atomic mass is 79.9. The number of carbonyl (C=O) groups is 1. The zero-order chi connectivity index (χ0) is 24.2. The topological polar surface area (TPSA) is 44.8 Å². The number of hydrogen-bond acceptors (Lipinski definition) is 4. The van der Waals surface area contributed by atoms with Gasteiger partial charge in [0.2, 0.25) is 5.91 Å². The molecular formula is C28H40BrN3O2. The van der Waals surface area contributed by atoms with E-state index >= 15 is 0 Å². The van der Waals surface area contributed by atoms with Gasteiger partial charge in [-0.2, -0.15) is 0 Å². The lowest BCUT2D eigenvalue weighted by Crippen LogP contribution is -2.46. The van der Waals surface area contributed by atoms with Crippen molar-refractivity contribution in [3.8, 4) is 0 Å². The van der Waals surface area contributed by atoms with Crippen molar-refractivity contribution >= 4 is 33.2 Å². The van der Waals surface area contributed by atoms with Crippen LogP contribution in [0.25, 0.3) is 5.70 Å². The van der Waals surface area contributed by atoms with Gasteiger partial charge in [-0.25, -0.2) is 0 Å². The first-order valence-corrected chi connectivity index (χ1v) is 13.7. The highest BCUT2D eigenvalue weighted by Gasteiger charge is 2.36. The van der Waals surface area contributed by atoms with Gasteiger partial charge in [-0.15, -0.1) is 0 Å². The van der Waals surface area contributed by atoms with Crippen LogP contribution in [0.15, 0.2) is 41.5 Å². The van der Waals surface area contributed by atoms with Gasteiger partial charge in [0, 0.05) is 65.1 Å². The third-order valence-corrected chi connectivity index (χ3v) is 8.19. The maximum Gasteiger partial charge on any atom is 0.226 e. The van der Waals surface area contributed by atoms with E-state index in [0.717, 1.165) is 65.9 Å². The van der Waals surface area contributed by atoms with Crippen molar-refractivity contribution in [2.45, 2.75) is 46.0 Å². The van der Waals surface area contributed by atoms with Crippen LogP contribution in [0.1, 0.15) is 51.5 Å². The van der Waals surface area contributed by atoms with E-state index in [1.807, 2.05) is 4.90 Å². The van der Waals surface area contributed by atoms with Crippen molar-refractivity contribution in [3.63, 3.8) is 0 Å². The van der Waals surface area contributed by atoms with Crippen LogP contribution in [0, 0.1) is 23.7 Å². The minimum atomic E-state index is -0.00209. The Balaban J connectivity index is 1.51. The van der Waals surface area contributed by atoms with Crippen molar-refractivity contribution in [3.05, 3.63) is 47.1 Å². The number of likely N-dealkylation sites (tertiary alicyclic amines) is 1. The number of nitrogens with zero attached hydrogens (tertiary/aromatic N) is 2. The van der Waals surface area contributed by atoms with Crippen molar-refractivity contribution in [1.29, 1.82) is 0 Å². The third kappa shape index (κ3) is 5.88. The molecule has 1 aliphatic carbocycles. The summed E-state index contributed by atoms with van der Waals surface area (Å²) in [5, 5.41) is 3.64. The van der Waals surface area contributed by atoms with Crippen molar-refractivity contribution in [2.24, 2.45) is 23.7 Å². The van der Waals surface area contributed by atoms with Crippen LogP contribution in [0.2, 0.25) is 0 Å². The lowest BCUT2D eigenvalue weighted by atomic mass is 9.76. The van der Waals surface area contributed by atoms with Gasteiger partial charge in [-0.3, -0.25) is 4.79 Å². The van der Waals surface area contributed by atoms with Crippen LogP contribution in [0.3, 0.4) is 0 Å². The lowest BCUT2D eigenvalue weighted by Gasteiger charge is -2.39. The first-order valence-electron chi connectivity index (χ1n) is 12.9. The SMILES string of the molecule is C=C(Nc1ccc(Br)cc1C(=C)N1C[C@H](C)C[C@H](C)C1)C1CCCCC1C(=O)N1CCOCC1. The number of benzene rings is 1. The average molecular weight is 531 g/mol. The molecule has 3 fully saturated rings. The molecule has 5 nitrogen and oxygen atoms in total. The molecule has 2 aliphatic heterocycles. The zero-order valence-electron chi connectivity index (χ0n) is 20.8. The van der Waals surface area contributed by atoms with Gasteiger partial charge in [0.05, 0.1) is 13.2 Å². The minimum absolute atomic E-state index is 0.00209. The number of amides is 1. The molecule has 6 heteroatoms. The predicted octanol–water partition coefficient (Wildman–Crippen LogP) is 5.99. The summed E-state index contributed by atoms with van der Waals surface area (Å²) < 4.78 is 6.50. The summed E-state index contributed by atoms with van der Waals surface area (Å²) >= 11 is 3.66. The van der Waals surface area contributed by atoms with E-state index in [4.69, 9.17) is 4.74 Å². The molecule has 1 N–H and O–H groups in total. The van der Waals surface area contributed by atoms with E-state index < -0.39 is 0 Å². The van der Waals surface area contributed by atoms with Crippen LogP contribution in [0.5, 0.6) is 0 Å². The van der Waals surface area contributed by atoms with E-state index in [9.17, 15) is 4.79 Å². The number of nitrogens with one attached hydrogen (secondary N) is 1. The summed E-state index contributed by atoms with van der Waals surface area (Å²) in [7, 11) is 0. The minimum Gasteiger partial charge on any atom is -0.378 e. The molecule has 4 atom stereocenters. The molecule has 1 aromatic carbocycles. The molecule has 186 valence electrons. The number of piperidine rings is 1. The zero-order valence-corrected chi connectivity index (χ0v) is 22.4. The molecule has 1 aromatic rings. The fourth-order valence-electron chi connectivity index (χ4n) is 6.05. The van der Waals surface area contributed by atoms with E-state index in [1.54, 1.807) is 0 Å². The van der Waals surface area contributed by atoms with Crippen LogP contribution in [-0.2, 0) is 9.53 Å². The summed E-state index contributed by atoms with van der Waals surface area (Å²) in [6, 6.07) is 6.32. The van der Waals surface area contributed by atoms with E-state index in [-0.39, 0.29) is 17.7 Å². The maximum absolute atomic E-state index is 13.4. The summed E-state index contributed by atoms with van der Waals surface area (Å²) in [5.41, 5.74) is 4.12. The Morgan fingerprint density at radius 3 is 2.35 bits per heavy atom. The predicted molar refractivity (Wildman–Crippen MR) is 143 cm³/mol. The van der Waals surface area contributed by atoms with E-state index in [0.29, 0.717) is 38.1 Å². The molecule has 1 saturated carbocycles. The Labute approximate surface area is 213 Å². The number of hydrogen-bond donors (Lipinski definition) is 1. The quantitative estimate of drug-likeness (QED) is 0.491. The summed E-state index contributed by atoms with van der Waals surface area (Å²) in [5.74, 6) is 1.73. The molecule has 1 amide bonds. The van der Waals surface area contributed by atoms with Gasteiger partial charge in [0.25, 0.3) is 0 Å². The molecular weight excluding hydrogens is 490 g/mol. The number of morpholine rings is 1. The van der Waals surface area contributed by atoms with Crippen molar-refractivity contribution in [2.75, 3.05) is 44.7 Å². The second-order valence-corrected chi connectivity index (χ2v) is 11.5. The molecule has 4 rings (SSSR count). The van der Waals surface area contributed by atoms with Crippen LogP contribution >= 0.6 is 15.9 Å². The monoisotopic (exact) mass is 529 g/mol. The standard InChI is InChI=1S/C28H40BrN3O2/c1-19-15-20(2)18-32(17-19)22(4)26-16-23(29)9-10-27(26)30-21(3)24-7-5-6-8-25(24)28(33)31-11-13-34-14-12-31/h9-10,16,19-20,24-25,30H,3-8,11-15,17-18H2,1-2H3/t19-,20+,24?,25?. The van der Waals surface area contributed by atoms with Gasteiger partial charge in [-0.05, 0) is 49.3 Å². The van der Waals surface area contributed by atoms with Gasteiger partial charge in [0.15, 0.2) is 0 Å². The van der Waals surface area contributed by atoms with Crippen molar-refractivity contribution in [1.82, 2.24) is 9.80 Å². The molecule has 0 radical (unpaired) electrons. The van der Waals surface area contributed by atoms with Gasteiger partial charge in [-0.1, -0.05) is 55.8 Å². The second-order valence-electron chi connectivity index (χ2n) is 10.6. The normalized spacial score (nSPS) is 27.9. The van der Waals surface area contributed by atoms with Gasteiger partial charge < -0.3 is 19.9 Å². The summed E-state index contributed by atoms with van der Waals surface area (Å²) in [6.07, 6.45) is 5.45. The third-order valence-electron chi connectivity index (χ3n) is 7.69. The van der Waals surface area contributed by atoms with Gasteiger partial charge in [0.1, 0.15) is 0 Å². The largest absolute Gasteiger partial charge is 0.378 e. The lowest BCUT2D eigenvalue weighted by molar-refractivity contribution is -0.142. The van der Waals surface area contributed by atoms with Crippen LogP contribution in [0.4, 0.5) is 5.69 Å². The van der Waals surface area contributed by atoms with Crippen LogP contribution in [-0.4, -0.2) is 55.1 Å². The molecule has 2 unspecified atom stereocenters. The van der Waals surface area contributed by atoms with Crippen LogP contribution < -0.4 is 5.32 Å². The molecule has 0 aromatic heterocycles. The average Bonchev–Trinajstić information content (AvgIpc) is 2.84. The summed E-state index contributed by atoms with van der Waals surface area (Å²) in [4.78, 5) is 17.8. The molecule has 0 spiro atoms. The molecule has 34 heavy (non-hydrogen) atoms.